The number of carbonyl (C=O) groups excluding carboxylic acids is 4. The monoisotopic (exact) mass is 348 g/mol. The Morgan fingerprint density at radius 1 is 1.08 bits per heavy atom. The van der Waals surface area contributed by atoms with Crippen LogP contribution < -0.4 is 0 Å². The molecule has 2 rings (SSSR count). The van der Waals surface area contributed by atoms with Crippen LogP contribution in [0.2, 0.25) is 0 Å². The summed E-state index contributed by atoms with van der Waals surface area (Å²) in [6.45, 7) is 6.25. The predicted molar refractivity (Wildman–Crippen MR) is 86.5 cm³/mol. The summed E-state index contributed by atoms with van der Waals surface area (Å²) in [7, 11) is 1.15. The second-order valence-electron chi connectivity index (χ2n) is 6.49. The third-order valence-corrected chi connectivity index (χ3v) is 3.48. The molecule has 1 atom stereocenters. The Morgan fingerprint density at radius 3 is 1.96 bits per heavy atom. The van der Waals surface area contributed by atoms with Gasteiger partial charge in [0.05, 0.1) is 18.2 Å². The highest BCUT2D eigenvalue weighted by molar-refractivity contribution is 6.21. The van der Waals surface area contributed by atoms with Crippen LogP contribution in [0.4, 0.5) is 4.79 Å². The van der Waals surface area contributed by atoms with E-state index in [4.69, 9.17) is 4.74 Å². The van der Waals surface area contributed by atoms with Gasteiger partial charge in [-0.25, -0.2) is 9.59 Å². The Morgan fingerprint density at radius 2 is 1.56 bits per heavy atom. The van der Waals surface area contributed by atoms with Crippen molar-refractivity contribution in [3.8, 4) is 0 Å². The lowest BCUT2D eigenvalue weighted by Gasteiger charge is -2.34. The second kappa shape index (κ2) is 6.54. The van der Waals surface area contributed by atoms with Crippen LogP contribution in [0.5, 0.6) is 0 Å². The molecule has 0 aromatic heterocycles. The molecule has 0 N–H and O–H groups in total. The zero-order chi connectivity index (χ0) is 18.9. The number of hydrogen-bond acceptors (Lipinski definition) is 6. The van der Waals surface area contributed by atoms with Gasteiger partial charge in [0.25, 0.3) is 11.8 Å². The Balaban J connectivity index is 2.46. The van der Waals surface area contributed by atoms with Gasteiger partial charge in [-0.3, -0.25) is 9.59 Å². The molecule has 8 heteroatoms. The van der Waals surface area contributed by atoms with E-state index in [0.717, 1.165) is 7.11 Å². The smallest absolute Gasteiger partial charge is 0.430 e. The quantitative estimate of drug-likeness (QED) is 0.613. The van der Waals surface area contributed by atoms with Crippen molar-refractivity contribution in [2.75, 3.05) is 7.11 Å². The van der Waals surface area contributed by atoms with E-state index in [-0.39, 0.29) is 11.1 Å². The number of hydrogen-bond donors (Lipinski definition) is 0. The van der Waals surface area contributed by atoms with Crippen LogP contribution in [0.3, 0.4) is 0 Å². The van der Waals surface area contributed by atoms with Gasteiger partial charge in [-0.05, 0) is 39.8 Å². The van der Waals surface area contributed by atoms with Crippen molar-refractivity contribution in [1.82, 2.24) is 10.0 Å². The Labute approximate surface area is 145 Å². The molecule has 1 aromatic rings. The van der Waals surface area contributed by atoms with Gasteiger partial charge in [0.15, 0.2) is 6.04 Å². The van der Waals surface area contributed by atoms with Crippen LogP contribution >= 0.6 is 0 Å². The largest absolute Gasteiger partial charge is 0.467 e. The maximum Gasteiger partial charge on any atom is 0.430 e. The van der Waals surface area contributed by atoms with Crippen molar-refractivity contribution >= 4 is 23.9 Å². The van der Waals surface area contributed by atoms with E-state index in [9.17, 15) is 19.2 Å². The zero-order valence-electron chi connectivity index (χ0n) is 14.7. The van der Waals surface area contributed by atoms with Crippen molar-refractivity contribution in [1.29, 1.82) is 0 Å². The standard InChI is InChI=1S/C17H20N2O6/c1-10(15(22)24-5)18(16(23)25-17(2,3)4)19-13(20)11-8-6-7-9-12(11)14(19)21/h6-10H,1-5H3/t10-/m0/s1. The fourth-order valence-corrected chi connectivity index (χ4v) is 2.36. The molecule has 0 fully saturated rings. The van der Waals surface area contributed by atoms with Crippen LogP contribution in [0, 0.1) is 0 Å². The summed E-state index contributed by atoms with van der Waals surface area (Å²) >= 11 is 0. The summed E-state index contributed by atoms with van der Waals surface area (Å²) in [4.78, 5) is 49.8. The first-order valence-corrected chi connectivity index (χ1v) is 7.66. The van der Waals surface area contributed by atoms with E-state index in [2.05, 4.69) is 4.74 Å². The van der Waals surface area contributed by atoms with Crippen molar-refractivity contribution in [2.45, 2.75) is 39.3 Å². The molecule has 1 aromatic carbocycles. The van der Waals surface area contributed by atoms with E-state index in [1.165, 1.54) is 19.1 Å². The highest BCUT2D eigenvalue weighted by atomic mass is 16.6. The number of esters is 1. The van der Waals surface area contributed by atoms with Gasteiger partial charge in [0.2, 0.25) is 0 Å². The molecule has 1 aliphatic rings. The van der Waals surface area contributed by atoms with E-state index in [1.54, 1.807) is 32.9 Å². The van der Waals surface area contributed by atoms with Gasteiger partial charge >= 0.3 is 12.1 Å². The highest BCUT2D eigenvalue weighted by Gasteiger charge is 2.46. The van der Waals surface area contributed by atoms with Crippen LogP contribution in [-0.2, 0) is 14.3 Å². The number of methoxy groups -OCH3 is 1. The van der Waals surface area contributed by atoms with Gasteiger partial charge in [-0.1, -0.05) is 12.1 Å². The lowest BCUT2D eigenvalue weighted by atomic mass is 10.1. The Bertz CT molecular complexity index is 702. The lowest BCUT2D eigenvalue weighted by Crippen LogP contribution is -2.57. The number of fused-ring (bicyclic) bond motifs is 1. The predicted octanol–water partition coefficient (Wildman–Crippen LogP) is 2.00. The van der Waals surface area contributed by atoms with Gasteiger partial charge in [-0.2, -0.15) is 10.0 Å². The molecule has 25 heavy (non-hydrogen) atoms. The summed E-state index contributed by atoms with van der Waals surface area (Å²) in [5.74, 6) is -2.20. The summed E-state index contributed by atoms with van der Waals surface area (Å²) < 4.78 is 9.90. The molecule has 1 heterocycles. The molecule has 8 nitrogen and oxygen atoms in total. The molecule has 134 valence electrons. The zero-order valence-corrected chi connectivity index (χ0v) is 14.7. The normalized spacial score (nSPS) is 14.8. The van der Waals surface area contributed by atoms with E-state index < -0.39 is 35.5 Å². The minimum atomic E-state index is -1.23. The number of amides is 3. The van der Waals surface area contributed by atoms with Crippen molar-refractivity contribution < 1.29 is 28.7 Å². The first-order chi connectivity index (χ1) is 11.6. The van der Waals surface area contributed by atoms with Gasteiger partial charge in [0.1, 0.15) is 5.60 Å². The van der Waals surface area contributed by atoms with Crippen molar-refractivity contribution in [3.63, 3.8) is 0 Å². The average Bonchev–Trinajstić information content (AvgIpc) is 2.78. The van der Waals surface area contributed by atoms with Crippen LogP contribution in [0.15, 0.2) is 24.3 Å². The molecular formula is C17H20N2O6. The molecule has 0 unspecified atom stereocenters. The summed E-state index contributed by atoms with van der Waals surface area (Å²) in [5.41, 5.74) is -0.583. The number of carbonyl (C=O) groups is 4. The van der Waals surface area contributed by atoms with Crippen LogP contribution in [-0.4, -0.2) is 52.6 Å². The van der Waals surface area contributed by atoms with Crippen molar-refractivity contribution in [2.24, 2.45) is 0 Å². The fraction of sp³-hybridized carbons (Fsp3) is 0.412. The number of nitrogens with zero attached hydrogens (tertiary/aromatic N) is 2. The number of benzene rings is 1. The fourth-order valence-electron chi connectivity index (χ4n) is 2.36. The molecule has 0 bridgehead atoms. The minimum absolute atomic E-state index is 0.151. The molecule has 3 amide bonds. The molecule has 0 saturated carbocycles. The van der Waals surface area contributed by atoms with Crippen LogP contribution in [0.1, 0.15) is 48.4 Å². The third-order valence-electron chi connectivity index (χ3n) is 3.48. The van der Waals surface area contributed by atoms with Gasteiger partial charge in [0, 0.05) is 0 Å². The molecule has 0 aliphatic carbocycles. The maximum absolute atomic E-state index is 12.6. The number of hydrazine groups is 1. The average molecular weight is 348 g/mol. The van der Waals surface area contributed by atoms with Gasteiger partial charge in [-0.15, -0.1) is 0 Å². The Kier molecular flexibility index (Phi) is 4.82. The van der Waals surface area contributed by atoms with Crippen LogP contribution in [0.25, 0.3) is 0 Å². The third kappa shape index (κ3) is 3.47. The maximum atomic E-state index is 12.6. The van der Waals surface area contributed by atoms with Crippen molar-refractivity contribution in [3.05, 3.63) is 35.4 Å². The first kappa shape index (κ1) is 18.4. The van der Waals surface area contributed by atoms with E-state index >= 15 is 0 Å². The van der Waals surface area contributed by atoms with E-state index in [1.807, 2.05) is 0 Å². The number of ether oxygens (including phenoxy) is 2. The lowest BCUT2D eigenvalue weighted by molar-refractivity contribution is -0.150. The highest BCUT2D eigenvalue weighted by Crippen LogP contribution is 2.27. The SMILES string of the molecule is COC(=O)[C@H](C)N(C(=O)OC(C)(C)C)N1C(=O)c2ccccc2C1=O. The molecule has 0 saturated heterocycles. The first-order valence-electron chi connectivity index (χ1n) is 7.66. The molecular weight excluding hydrogens is 328 g/mol. The number of rotatable bonds is 3. The Hall–Kier alpha value is -2.90. The molecule has 0 radical (unpaired) electrons. The summed E-state index contributed by atoms with van der Waals surface area (Å²) in [6, 6.07) is 4.93. The second-order valence-corrected chi connectivity index (χ2v) is 6.49. The summed E-state index contributed by atoms with van der Waals surface area (Å²) in [5, 5.41) is 1.32. The topological polar surface area (TPSA) is 93.2 Å². The number of imide groups is 1. The van der Waals surface area contributed by atoms with E-state index in [0.29, 0.717) is 10.0 Å². The summed E-state index contributed by atoms with van der Waals surface area (Å²) in [6.07, 6.45) is -1.00. The van der Waals surface area contributed by atoms with Gasteiger partial charge < -0.3 is 9.47 Å². The molecule has 0 spiro atoms. The minimum Gasteiger partial charge on any atom is -0.467 e. The molecule has 1 aliphatic heterocycles.